The maximum absolute atomic E-state index is 12.5. The fraction of sp³-hybridized carbons (Fsp3) is 0.533. The number of rotatable bonds is 8. The molecule has 1 aliphatic rings. The van der Waals surface area contributed by atoms with Crippen molar-refractivity contribution in [3.8, 4) is 0 Å². The Kier molecular flexibility index (Phi) is 6.61. The minimum absolute atomic E-state index is 0.152. The van der Waals surface area contributed by atoms with E-state index in [9.17, 15) is 26.4 Å². The molecule has 1 aromatic carbocycles. The fourth-order valence-electron chi connectivity index (χ4n) is 2.39. The normalized spacial score (nSPS) is 23.8. The maximum Gasteiger partial charge on any atom is 0.523 e. The molecule has 11 heteroatoms. The van der Waals surface area contributed by atoms with Crippen molar-refractivity contribution in [2.75, 3.05) is 20.3 Å². The van der Waals surface area contributed by atoms with E-state index < -0.39 is 39.7 Å². The number of halogens is 3. The van der Waals surface area contributed by atoms with Gasteiger partial charge in [-0.25, -0.2) is 8.98 Å². The van der Waals surface area contributed by atoms with Crippen LogP contribution in [0.25, 0.3) is 0 Å². The second-order valence-electron chi connectivity index (χ2n) is 5.51. The predicted molar refractivity (Wildman–Crippen MR) is 81.2 cm³/mol. The van der Waals surface area contributed by atoms with E-state index in [1.54, 1.807) is 24.3 Å². The van der Waals surface area contributed by atoms with Gasteiger partial charge in [0.15, 0.2) is 6.10 Å². The third-order valence-electron chi connectivity index (χ3n) is 3.63. The largest absolute Gasteiger partial charge is 0.523 e. The van der Waals surface area contributed by atoms with Crippen molar-refractivity contribution >= 4 is 16.1 Å². The smallest absolute Gasteiger partial charge is 0.457 e. The average molecular weight is 398 g/mol. The summed E-state index contributed by atoms with van der Waals surface area (Å²) in [6.45, 7) is -0.218. The molecule has 1 aliphatic heterocycles. The highest BCUT2D eigenvalue weighted by molar-refractivity contribution is 7.87. The van der Waals surface area contributed by atoms with Crippen LogP contribution in [0.2, 0.25) is 0 Å². The summed E-state index contributed by atoms with van der Waals surface area (Å²) in [6, 6.07) is 9.02. The van der Waals surface area contributed by atoms with E-state index in [1.165, 1.54) is 7.11 Å². The van der Waals surface area contributed by atoms with Crippen LogP contribution in [0.5, 0.6) is 0 Å². The molecule has 0 radical (unpaired) electrons. The molecule has 1 fully saturated rings. The number of hydrogen-bond donors (Lipinski definition) is 0. The molecule has 26 heavy (non-hydrogen) atoms. The monoisotopic (exact) mass is 398 g/mol. The van der Waals surface area contributed by atoms with Crippen LogP contribution in [0.15, 0.2) is 30.3 Å². The molecule has 0 aliphatic carbocycles. The molecule has 0 amide bonds. The van der Waals surface area contributed by atoms with Crippen LogP contribution >= 0.6 is 0 Å². The zero-order valence-corrected chi connectivity index (χ0v) is 14.5. The van der Waals surface area contributed by atoms with Crippen LogP contribution < -0.4 is 0 Å². The molecule has 0 unspecified atom stereocenters. The first kappa shape index (κ1) is 20.6. The van der Waals surface area contributed by atoms with Gasteiger partial charge in [-0.1, -0.05) is 30.3 Å². The van der Waals surface area contributed by atoms with Gasteiger partial charge in [-0.05, 0) is 5.56 Å². The van der Waals surface area contributed by atoms with E-state index in [-0.39, 0.29) is 19.8 Å². The lowest BCUT2D eigenvalue weighted by Crippen LogP contribution is -2.38. The highest BCUT2D eigenvalue weighted by Gasteiger charge is 2.54. The molecule has 0 spiro atoms. The van der Waals surface area contributed by atoms with Crippen LogP contribution in [0, 0.1) is 5.92 Å². The lowest BCUT2D eigenvalue weighted by atomic mass is 10.0. The standard InChI is InChI=1S/C15H17F3O7S/c1-22-8-11-12(9-23-7-10-5-3-2-4-6-10)24-14(19)13(11)25-26(20,21)15(16,17)18/h2-6,11-13H,7-9H2,1H3/t11-,12-,13-/m1/s1. The Morgan fingerprint density at radius 1 is 1.15 bits per heavy atom. The quantitative estimate of drug-likeness (QED) is 0.374. The van der Waals surface area contributed by atoms with Crippen LogP contribution in [0.3, 0.4) is 0 Å². The zero-order chi connectivity index (χ0) is 19.4. The van der Waals surface area contributed by atoms with Crippen molar-refractivity contribution in [1.29, 1.82) is 0 Å². The van der Waals surface area contributed by atoms with Gasteiger partial charge >= 0.3 is 21.6 Å². The van der Waals surface area contributed by atoms with Gasteiger partial charge in [0.1, 0.15) is 6.10 Å². The lowest BCUT2D eigenvalue weighted by molar-refractivity contribution is -0.148. The second-order valence-corrected chi connectivity index (χ2v) is 7.08. The van der Waals surface area contributed by atoms with Gasteiger partial charge in [0.05, 0.1) is 25.7 Å². The highest BCUT2D eigenvalue weighted by atomic mass is 32.2. The molecule has 0 aromatic heterocycles. The van der Waals surface area contributed by atoms with Gasteiger partial charge in [0.25, 0.3) is 0 Å². The zero-order valence-electron chi connectivity index (χ0n) is 13.6. The first-order chi connectivity index (χ1) is 12.2. The molecule has 7 nitrogen and oxygen atoms in total. The topological polar surface area (TPSA) is 88.1 Å². The Bertz CT molecular complexity index is 706. The summed E-state index contributed by atoms with van der Waals surface area (Å²) in [5.74, 6) is -2.28. The summed E-state index contributed by atoms with van der Waals surface area (Å²) in [5, 5.41) is 0. The maximum atomic E-state index is 12.5. The molecule has 3 atom stereocenters. The van der Waals surface area contributed by atoms with Gasteiger partial charge in [0, 0.05) is 7.11 Å². The molecule has 2 rings (SSSR count). The molecule has 1 heterocycles. The van der Waals surface area contributed by atoms with Gasteiger partial charge in [0.2, 0.25) is 0 Å². The first-order valence-corrected chi connectivity index (χ1v) is 8.87. The number of hydrogen-bond acceptors (Lipinski definition) is 7. The molecule has 0 N–H and O–H groups in total. The van der Waals surface area contributed by atoms with Crippen molar-refractivity contribution in [2.24, 2.45) is 5.92 Å². The summed E-state index contributed by atoms with van der Waals surface area (Å²) in [4.78, 5) is 11.8. The first-order valence-electron chi connectivity index (χ1n) is 7.46. The summed E-state index contributed by atoms with van der Waals surface area (Å²) >= 11 is 0. The molecule has 1 saturated heterocycles. The fourth-order valence-corrected chi connectivity index (χ4v) is 2.99. The molecule has 0 bridgehead atoms. The van der Waals surface area contributed by atoms with E-state index >= 15 is 0 Å². The average Bonchev–Trinajstić information content (AvgIpc) is 2.83. The highest BCUT2D eigenvalue weighted by Crippen LogP contribution is 2.32. The number of methoxy groups -OCH3 is 1. The SMILES string of the molecule is COC[C@@H]1[C@@H](COCc2ccccc2)OC(=O)[C@@H]1OS(=O)(=O)C(F)(F)F. The predicted octanol–water partition coefficient (Wildman–Crippen LogP) is 1.63. The summed E-state index contributed by atoms with van der Waals surface area (Å²) in [5.41, 5.74) is -4.81. The summed E-state index contributed by atoms with van der Waals surface area (Å²) in [6.07, 6.45) is -2.95. The number of carbonyl (C=O) groups is 1. The summed E-state index contributed by atoms with van der Waals surface area (Å²) < 4.78 is 79.1. The molecule has 1 aromatic rings. The summed E-state index contributed by atoms with van der Waals surface area (Å²) in [7, 11) is -4.70. The van der Waals surface area contributed by atoms with E-state index in [0.717, 1.165) is 5.56 Å². The molecular weight excluding hydrogens is 381 g/mol. The van der Waals surface area contributed by atoms with E-state index in [2.05, 4.69) is 4.18 Å². The van der Waals surface area contributed by atoms with Crippen LogP contribution in [-0.4, -0.2) is 52.4 Å². The van der Waals surface area contributed by atoms with Crippen molar-refractivity contribution < 1.29 is 44.8 Å². The van der Waals surface area contributed by atoms with E-state index in [0.29, 0.717) is 0 Å². The third kappa shape index (κ3) is 4.93. The Balaban J connectivity index is 2.03. The number of cyclic esters (lactones) is 1. The third-order valence-corrected chi connectivity index (χ3v) is 4.66. The number of benzene rings is 1. The Morgan fingerprint density at radius 3 is 2.38 bits per heavy atom. The van der Waals surface area contributed by atoms with Crippen LogP contribution in [0.4, 0.5) is 13.2 Å². The molecule has 0 saturated carbocycles. The lowest BCUT2D eigenvalue weighted by Gasteiger charge is -2.20. The number of esters is 1. The van der Waals surface area contributed by atoms with Crippen LogP contribution in [0.1, 0.15) is 5.56 Å². The number of carbonyl (C=O) groups excluding carboxylic acids is 1. The Morgan fingerprint density at radius 2 is 1.81 bits per heavy atom. The van der Waals surface area contributed by atoms with Crippen molar-refractivity contribution in [3.05, 3.63) is 35.9 Å². The van der Waals surface area contributed by atoms with Crippen LogP contribution in [-0.2, 0) is 39.9 Å². The van der Waals surface area contributed by atoms with Crippen molar-refractivity contribution in [2.45, 2.75) is 24.3 Å². The minimum Gasteiger partial charge on any atom is -0.457 e. The second kappa shape index (κ2) is 8.33. The van der Waals surface area contributed by atoms with Gasteiger partial charge in [-0.15, -0.1) is 0 Å². The van der Waals surface area contributed by atoms with E-state index in [4.69, 9.17) is 14.2 Å². The minimum atomic E-state index is -5.95. The molecular formula is C15H17F3O7S. The number of alkyl halides is 3. The van der Waals surface area contributed by atoms with Crippen molar-refractivity contribution in [3.63, 3.8) is 0 Å². The van der Waals surface area contributed by atoms with Crippen molar-refractivity contribution in [1.82, 2.24) is 0 Å². The molecule has 146 valence electrons. The van der Waals surface area contributed by atoms with Gasteiger partial charge in [-0.3, -0.25) is 0 Å². The van der Waals surface area contributed by atoms with Gasteiger partial charge in [-0.2, -0.15) is 21.6 Å². The van der Waals surface area contributed by atoms with Gasteiger partial charge < -0.3 is 14.2 Å². The van der Waals surface area contributed by atoms with E-state index in [1.807, 2.05) is 6.07 Å². The Labute approximate surface area is 148 Å². The number of ether oxygens (including phenoxy) is 3. The Hall–Kier alpha value is -1.69.